The van der Waals surface area contributed by atoms with Crippen molar-refractivity contribution in [3.8, 4) is 0 Å². The summed E-state index contributed by atoms with van der Waals surface area (Å²) in [6.45, 7) is 6.33. The van der Waals surface area contributed by atoms with Crippen LogP contribution >= 0.6 is 0 Å². The van der Waals surface area contributed by atoms with Crippen molar-refractivity contribution < 1.29 is 9.59 Å². The molecule has 1 amide bonds. The number of amides is 1. The third-order valence-electron chi connectivity index (χ3n) is 2.29. The molecule has 4 heteroatoms. The first-order valence-corrected chi connectivity index (χ1v) is 5.01. The Balaban J connectivity index is 4.22. The molecule has 0 bridgehead atoms. The Labute approximate surface area is 85.4 Å². The Kier molecular flexibility index (Phi) is 6.12. The van der Waals surface area contributed by atoms with Gasteiger partial charge in [0.25, 0.3) is 0 Å². The van der Waals surface area contributed by atoms with E-state index < -0.39 is 0 Å². The summed E-state index contributed by atoms with van der Waals surface area (Å²) >= 11 is 0. The van der Waals surface area contributed by atoms with Gasteiger partial charge < -0.3 is 5.73 Å². The molecule has 2 N–H and O–H groups in total. The van der Waals surface area contributed by atoms with Gasteiger partial charge in [0.05, 0.1) is 12.6 Å². The van der Waals surface area contributed by atoms with E-state index in [9.17, 15) is 9.59 Å². The van der Waals surface area contributed by atoms with Crippen molar-refractivity contribution in [1.29, 1.82) is 0 Å². The molecule has 0 aliphatic rings. The van der Waals surface area contributed by atoms with Crippen LogP contribution in [0.1, 0.15) is 33.6 Å². The normalized spacial score (nSPS) is 12.9. The van der Waals surface area contributed by atoms with Gasteiger partial charge in [-0.1, -0.05) is 13.3 Å². The number of hydrogen-bond donors (Lipinski definition) is 1. The number of nitrogens with zero attached hydrogens (tertiary/aromatic N) is 1. The number of unbranched alkanes of at least 4 members (excludes halogenated alkanes) is 1. The Morgan fingerprint density at radius 3 is 2.36 bits per heavy atom. The molecule has 0 aliphatic heterocycles. The zero-order chi connectivity index (χ0) is 11.1. The van der Waals surface area contributed by atoms with Gasteiger partial charge in [0.15, 0.2) is 0 Å². The number of primary amides is 1. The summed E-state index contributed by atoms with van der Waals surface area (Å²) in [5.74, 6) is -0.309. The molecule has 0 saturated carbocycles. The first-order chi connectivity index (χ1) is 6.49. The van der Waals surface area contributed by atoms with Gasteiger partial charge >= 0.3 is 0 Å². The van der Waals surface area contributed by atoms with Gasteiger partial charge in [0.2, 0.25) is 5.91 Å². The lowest BCUT2D eigenvalue weighted by molar-refractivity contribution is -0.124. The highest BCUT2D eigenvalue weighted by molar-refractivity contribution is 5.82. The molecule has 0 rings (SSSR count). The first kappa shape index (κ1) is 13.1. The van der Waals surface area contributed by atoms with E-state index in [1.807, 2.05) is 4.90 Å². The van der Waals surface area contributed by atoms with E-state index in [1.165, 1.54) is 6.92 Å². The molecule has 4 nitrogen and oxygen atoms in total. The zero-order valence-corrected chi connectivity index (χ0v) is 9.25. The standard InChI is InChI=1S/C10H20N2O2/c1-4-5-6-12(7-10(11)14)8(2)9(3)13/h8H,4-7H2,1-3H3,(H2,11,14). The molecule has 1 atom stereocenters. The van der Waals surface area contributed by atoms with Crippen molar-refractivity contribution in [3.05, 3.63) is 0 Å². The summed E-state index contributed by atoms with van der Waals surface area (Å²) in [5, 5.41) is 0. The third kappa shape index (κ3) is 4.97. The summed E-state index contributed by atoms with van der Waals surface area (Å²) in [7, 11) is 0. The fourth-order valence-electron chi connectivity index (χ4n) is 1.23. The Hall–Kier alpha value is -0.900. The van der Waals surface area contributed by atoms with E-state index in [-0.39, 0.29) is 24.3 Å². The lowest BCUT2D eigenvalue weighted by Gasteiger charge is -2.25. The van der Waals surface area contributed by atoms with Gasteiger partial charge in [0, 0.05) is 0 Å². The maximum absolute atomic E-state index is 11.1. The minimum absolute atomic E-state index is 0.0716. The van der Waals surface area contributed by atoms with E-state index in [2.05, 4.69) is 6.92 Å². The van der Waals surface area contributed by atoms with Gasteiger partial charge in [0.1, 0.15) is 5.78 Å². The van der Waals surface area contributed by atoms with Crippen LogP contribution in [0.4, 0.5) is 0 Å². The molecular weight excluding hydrogens is 180 g/mol. The van der Waals surface area contributed by atoms with E-state index in [0.29, 0.717) is 0 Å². The van der Waals surface area contributed by atoms with Crippen LogP contribution in [-0.2, 0) is 9.59 Å². The smallest absolute Gasteiger partial charge is 0.231 e. The van der Waals surface area contributed by atoms with Crippen molar-refractivity contribution in [2.75, 3.05) is 13.1 Å². The maximum atomic E-state index is 11.1. The Morgan fingerprint density at radius 2 is 2.00 bits per heavy atom. The minimum Gasteiger partial charge on any atom is -0.369 e. The molecule has 1 unspecified atom stereocenters. The highest BCUT2D eigenvalue weighted by Gasteiger charge is 2.18. The summed E-state index contributed by atoms with van der Waals surface area (Å²) in [4.78, 5) is 23.7. The van der Waals surface area contributed by atoms with Crippen molar-refractivity contribution in [2.24, 2.45) is 5.73 Å². The third-order valence-corrected chi connectivity index (χ3v) is 2.29. The number of nitrogens with two attached hydrogens (primary N) is 1. The Bertz CT molecular complexity index is 204. The molecule has 0 heterocycles. The summed E-state index contributed by atoms with van der Waals surface area (Å²) in [5.41, 5.74) is 5.11. The topological polar surface area (TPSA) is 63.4 Å². The second-order valence-corrected chi connectivity index (χ2v) is 3.58. The van der Waals surface area contributed by atoms with E-state index in [4.69, 9.17) is 5.73 Å². The first-order valence-electron chi connectivity index (χ1n) is 5.01. The number of hydrogen-bond acceptors (Lipinski definition) is 3. The highest BCUT2D eigenvalue weighted by atomic mass is 16.1. The number of Topliss-reactive ketones (excluding diaryl/α,β-unsaturated/α-hetero) is 1. The fraction of sp³-hybridized carbons (Fsp3) is 0.800. The van der Waals surface area contributed by atoms with Crippen LogP contribution in [0.2, 0.25) is 0 Å². The van der Waals surface area contributed by atoms with Crippen molar-refractivity contribution in [1.82, 2.24) is 4.90 Å². The van der Waals surface area contributed by atoms with Crippen molar-refractivity contribution in [2.45, 2.75) is 39.7 Å². The van der Waals surface area contributed by atoms with Gasteiger partial charge in [-0.25, -0.2) is 0 Å². The van der Waals surface area contributed by atoms with Crippen LogP contribution in [-0.4, -0.2) is 35.7 Å². The second-order valence-electron chi connectivity index (χ2n) is 3.58. The molecule has 0 aromatic carbocycles. The summed E-state index contributed by atoms with van der Waals surface area (Å²) in [6.07, 6.45) is 2.02. The number of carbonyl (C=O) groups excluding carboxylic acids is 2. The average molecular weight is 200 g/mol. The molecule has 0 spiro atoms. The summed E-state index contributed by atoms with van der Waals surface area (Å²) in [6, 6.07) is -0.214. The zero-order valence-electron chi connectivity index (χ0n) is 9.25. The lowest BCUT2D eigenvalue weighted by Crippen LogP contribution is -2.43. The molecule has 0 radical (unpaired) electrons. The van der Waals surface area contributed by atoms with Gasteiger partial charge in [-0.3, -0.25) is 14.5 Å². The maximum Gasteiger partial charge on any atom is 0.231 e. The quantitative estimate of drug-likeness (QED) is 0.652. The summed E-state index contributed by atoms with van der Waals surface area (Å²) < 4.78 is 0. The van der Waals surface area contributed by atoms with Gasteiger partial charge in [-0.2, -0.15) is 0 Å². The lowest BCUT2D eigenvalue weighted by atomic mass is 10.2. The van der Waals surface area contributed by atoms with Crippen molar-refractivity contribution >= 4 is 11.7 Å². The molecule has 0 aromatic heterocycles. The number of carbonyl (C=O) groups is 2. The predicted molar refractivity (Wildman–Crippen MR) is 55.8 cm³/mol. The molecule has 0 aromatic rings. The Morgan fingerprint density at radius 1 is 1.43 bits per heavy atom. The molecule has 82 valence electrons. The SMILES string of the molecule is CCCCN(CC(N)=O)C(C)C(C)=O. The van der Waals surface area contributed by atoms with E-state index in [1.54, 1.807) is 6.92 Å². The van der Waals surface area contributed by atoms with Crippen LogP contribution in [0.5, 0.6) is 0 Å². The molecule has 14 heavy (non-hydrogen) atoms. The van der Waals surface area contributed by atoms with Crippen molar-refractivity contribution in [3.63, 3.8) is 0 Å². The monoisotopic (exact) mass is 200 g/mol. The predicted octanol–water partition coefficient (Wildman–Crippen LogP) is 0.551. The number of ketones is 1. The van der Waals surface area contributed by atoms with Crippen LogP contribution in [0.25, 0.3) is 0 Å². The van der Waals surface area contributed by atoms with Crippen LogP contribution < -0.4 is 5.73 Å². The second kappa shape index (κ2) is 6.54. The average Bonchev–Trinajstić information content (AvgIpc) is 2.10. The molecule has 0 aliphatic carbocycles. The van der Waals surface area contributed by atoms with E-state index >= 15 is 0 Å². The molecule has 0 saturated heterocycles. The molecular formula is C10H20N2O2. The van der Waals surface area contributed by atoms with Crippen LogP contribution in [0, 0.1) is 0 Å². The van der Waals surface area contributed by atoms with Crippen LogP contribution in [0.3, 0.4) is 0 Å². The van der Waals surface area contributed by atoms with Gasteiger partial charge in [-0.05, 0) is 26.8 Å². The highest BCUT2D eigenvalue weighted by Crippen LogP contribution is 2.02. The molecule has 0 fully saturated rings. The number of rotatable bonds is 7. The van der Waals surface area contributed by atoms with Gasteiger partial charge in [-0.15, -0.1) is 0 Å². The largest absolute Gasteiger partial charge is 0.369 e. The fourth-order valence-corrected chi connectivity index (χ4v) is 1.23. The van der Waals surface area contributed by atoms with E-state index in [0.717, 1.165) is 19.4 Å². The minimum atomic E-state index is -0.380. The van der Waals surface area contributed by atoms with Crippen LogP contribution in [0.15, 0.2) is 0 Å².